The predicted molar refractivity (Wildman–Crippen MR) is 33.2 cm³/mol. The molecule has 0 N–H and O–H groups in total. The molecule has 1 atom stereocenters. The fraction of sp³-hybridized carbons (Fsp3) is 1.00. The highest BCUT2D eigenvalue weighted by Gasteiger charge is 1.96. The highest BCUT2D eigenvalue weighted by Crippen LogP contribution is 2.07. The zero-order valence-electron chi connectivity index (χ0n) is 4.48. The third-order valence-corrected chi connectivity index (χ3v) is 1.98. The average Bonchev–Trinajstić information content (AvgIpc) is 1.68. The van der Waals surface area contributed by atoms with Crippen LogP contribution in [0.3, 0.4) is 0 Å². The normalized spacial score (nSPS) is 14.1. The lowest BCUT2D eigenvalue weighted by Crippen LogP contribution is -1.96. The number of hydrogen-bond acceptors (Lipinski definition) is 0. The van der Waals surface area contributed by atoms with Gasteiger partial charge in [0.05, 0.1) is 6.61 Å². The SMILES string of the molecule is CCC(Br)CC[O]. The monoisotopic (exact) mass is 165 g/mol. The Balaban J connectivity index is 2.83. The quantitative estimate of drug-likeness (QED) is 0.571. The van der Waals surface area contributed by atoms with Crippen LogP contribution in [0.25, 0.3) is 0 Å². The van der Waals surface area contributed by atoms with Crippen molar-refractivity contribution in [2.45, 2.75) is 24.6 Å². The van der Waals surface area contributed by atoms with Gasteiger partial charge in [-0.2, -0.15) is 0 Å². The molecule has 0 heterocycles. The minimum Gasteiger partial charge on any atom is -0.237 e. The molecule has 0 aliphatic rings. The van der Waals surface area contributed by atoms with Crippen molar-refractivity contribution in [1.29, 1.82) is 0 Å². The molecule has 0 bridgehead atoms. The van der Waals surface area contributed by atoms with Gasteiger partial charge in [0.25, 0.3) is 0 Å². The molecule has 1 nitrogen and oxygen atoms in total. The lowest BCUT2D eigenvalue weighted by Gasteiger charge is -1.98. The van der Waals surface area contributed by atoms with Crippen LogP contribution in [0.1, 0.15) is 19.8 Å². The van der Waals surface area contributed by atoms with E-state index in [1.807, 2.05) is 0 Å². The van der Waals surface area contributed by atoms with Crippen LogP contribution in [-0.4, -0.2) is 11.4 Å². The van der Waals surface area contributed by atoms with Crippen LogP contribution in [-0.2, 0) is 5.11 Å². The van der Waals surface area contributed by atoms with E-state index in [1.54, 1.807) is 0 Å². The standard InChI is InChI=1S/C5H10BrO/c1-2-5(6)3-4-7/h5H,2-4H2,1H3. The molecule has 0 amide bonds. The van der Waals surface area contributed by atoms with Gasteiger partial charge in [-0.25, -0.2) is 5.11 Å². The van der Waals surface area contributed by atoms with Crippen molar-refractivity contribution >= 4 is 15.9 Å². The van der Waals surface area contributed by atoms with Gasteiger partial charge >= 0.3 is 0 Å². The van der Waals surface area contributed by atoms with Crippen LogP contribution in [0, 0.1) is 0 Å². The zero-order valence-corrected chi connectivity index (χ0v) is 6.07. The molecule has 0 aliphatic heterocycles. The summed E-state index contributed by atoms with van der Waals surface area (Å²) in [4.78, 5) is 0.449. The zero-order chi connectivity index (χ0) is 5.70. The third kappa shape index (κ3) is 4.29. The third-order valence-electron chi connectivity index (χ3n) is 0.874. The van der Waals surface area contributed by atoms with Crippen LogP contribution in [0.2, 0.25) is 0 Å². The highest BCUT2D eigenvalue weighted by molar-refractivity contribution is 9.09. The lowest BCUT2D eigenvalue weighted by atomic mass is 10.3. The Hall–Kier alpha value is 0.440. The van der Waals surface area contributed by atoms with E-state index in [0.717, 1.165) is 12.8 Å². The van der Waals surface area contributed by atoms with Crippen LogP contribution in [0.5, 0.6) is 0 Å². The second-order valence-electron chi connectivity index (χ2n) is 1.50. The topological polar surface area (TPSA) is 19.9 Å². The Morgan fingerprint density at radius 3 is 2.43 bits per heavy atom. The first-order valence-electron chi connectivity index (χ1n) is 2.53. The second kappa shape index (κ2) is 4.60. The molecule has 0 aliphatic carbocycles. The summed E-state index contributed by atoms with van der Waals surface area (Å²) in [6.07, 6.45) is 1.82. The van der Waals surface area contributed by atoms with Gasteiger partial charge in [-0.3, -0.25) is 0 Å². The van der Waals surface area contributed by atoms with E-state index in [0.29, 0.717) is 4.83 Å². The summed E-state index contributed by atoms with van der Waals surface area (Å²) >= 11 is 3.34. The fourth-order valence-electron chi connectivity index (χ4n) is 0.332. The van der Waals surface area contributed by atoms with Crippen molar-refractivity contribution in [3.05, 3.63) is 0 Å². The Bertz CT molecular complexity index is 39.1. The molecule has 1 unspecified atom stereocenters. The number of rotatable bonds is 3. The summed E-state index contributed by atoms with van der Waals surface area (Å²) in [5.74, 6) is 0. The molecular weight excluding hydrogens is 156 g/mol. The van der Waals surface area contributed by atoms with Crippen LogP contribution in [0.15, 0.2) is 0 Å². The van der Waals surface area contributed by atoms with E-state index in [9.17, 15) is 5.11 Å². The highest BCUT2D eigenvalue weighted by atomic mass is 79.9. The van der Waals surface area contributed by atoms with Gasteiger partial charge in [0, 0.05) is 4.83 Å². The van der Waals surface area contributed by atoms with Gasteiger partial charge in [0.1, 0.15) is 0 Å². The first kappa shape index (κ1) is 7.44. The van der Waals surface area contributed by atoms with Gasteiger partial charge in [0.15, 0.2) is 0 Å². The maximum absolute atomic E-state index is 9.87. The number of halogens is 1. The Morgan fingerprint density at radius 2 is 2.29 bits per heavy atom. The molecule has 0 aromatic rings. The van der Waals surface area contributed by atoms with E-state index in [1.165, 1.54) is 0 Å². The molecule has 2 heteroatoms. The summed E-state index contributed by atoms with van der Waals surface area (Å²) in [6.45, 7) is 2.11. The van der Waals surface area contributed by atoms with Crippen molar-refractivity contribution in [2.75, 3.05) is 6.61 Å². The van der Waals surface area contributed by atoms with Crippen molar-refractivity contribution in [2.24, 2.45) is 0 Å². The van der Waals surface area contributed by atoms with Crippen molar-refractivity contribution in [3.8, 4) is 0 Å². The van der Waals surface area contributed by atoms with E-state index in [2.05, 4.69) is 22.9 Å². The molecule has 0 aromatic carbocycles. The molecule has 7 heavy (non-hydrogen) atoms. The minimum absolute atomic E-state index is 0.0454. The molecule has 0 saturated carbocycles. The van der Waals surface area contributed by atoms with Crippen molar-refractivity contribution in [3.63, 3.8) is 0 Å². The largest absolute Gasteiger partial charge is 0.237 e. The Morgan fingerprint density at radius 1 is 1.71 bits per heavy atom. The Kier molecular flexibility index (Phi) is 4.88. The number of hydrogen-bond donors (Lipinski definition) is 0. The van der Waals surface area contributed by atoms with Gasteiger partial charge < -0.3 is 0 Å². The summed E-state index contributed by atoms with van der Waals surface area (Å²) in [6, 6.07) is 0. The van der Waals surface area contributed by atoms with Crippen molar-refractivity contribution < 1.29 is 5.11 Å². The van der Waals surface area contributed by atoms with Gasteiger partial charge in [-0.15, -0.1) is 0 Å². The first-order valence-corrected chi connectivity index (χ1v) is 3.45. The minimum atomic E-state index is 0.0454. The summed E-state index contributed by atoms with van der Waals surface area (Å²) in [5.41, 5.74) is 0. The van der Waals surface area contributed by atoms with Crippen LogP contribution < -0.4 is 0 Å². The molecule has 0 aromatic heterocycles. The van der Waals surface area contributed by atoms with Gasteiger partial charge in [-0.1, -0.05) is 22.9 Å². The lowest BCUT2D eigenvalue weighted by molar-refractivity contribution is 0.188. The van der Waals surface area contributed by atoms with Crippen LogP contribution >= 0.6 is 15.9 Å². The molecule has 0 saturated heterocycles. The molecule has 1 radical (unpaired) electrons. The van der Waals surface area contributed by atoms with Gasteiger partial charge in [-0.05, 0) is 12.8 Å². The first-order chi connectivity index (χ1) is 3.31. The maximum Gasteiger partial charge on any atom is 0.0833 e. The molecule has 0 rings (SSSR count). The summed E-state index contributed by atoms with van der Waals surface area (Å²) in [5, 5.41) is 9.87. The summed E-state index contributed by atoms with van der Waals surface area (Å²) < 4.78 is 0. The average molecular weight is 166 g/mol. The number of alkyl halides is 1. The Labute approximate surface area is 52.9 Å². The van der Waals surface area contributed by atoms with E-state index < -0.39 is 0 Å². The van der Waals surface area contributed by atoms with E-state index >= 15 is 0 Å². The van der Waals surface area contributed by atoms with Crippen molar-refractivity contribution in [1.82, 2.24) is 0 Å². The molecule has 0 fully saturated rings. The predicted octanol–water partition coefficient (Wildman–Crippen LogP) is 1.98. The fourth-order valence-corrected chi connectivity index (χ4v) is 0.519. The van der Waals surface area contributed by atoms with Crippen LogP contribution in [0.4, 0.5) is 0 Å². The van der Waals surface area contributed by atoms with E-state index in [4.69, 9.17) is 0 Å². The van der Waals surface area contributed by atoms with Gasteiger partial charge in [0.2, 0.25) is 0 Å². The summed E-state index contributed by atoms with van der Waals surface area (Å²) in [7, 11) is 0. The molecule has 0 spiro atoms. The smallest absolute Gasteiger partial charge is 0.0833 e. The molecular formula is C5H10BrO. The second-order valence-corrected chi connectivity index (χ2v) is 2.79. The van der Waals surface area contributed by atoms with E-state index in [-0.39, 0.29) is 6.61 Å². The maximum atomic E-state index is 9.87. The molecule has 43 valence electrons.